The van der Waals surface area contributed by atoms with Gasteiger partial charge in [-0.15, -0.1) is 0 Å². The topological polar surface area (TPSA) is 96.9 Å². The van der Waals surface area contributed by atoms with E-state index >= 15 is 0 Å². The fourth-order valence-corrected chi connectivity index (χ4v) is 3.23. The minimum absolute atomic E-state index is 0.00721. The molecular weight excluding hydrogens is 348 g/mol. The van der Waals surface area contributed by atoms with Gasteiger partial charge in [-0.25, -0.2) is 4.98 Å². The van der Waals surface area contributed by atoms with Gasteiger partial charge < -0.3 is 14.6 Å². The van der Waals surface area contributed by atoms with E-state index in [2.05, 4.69) is 10.3 Å². The molecule has 2 amide bonds. The molecule has 1 saturated heterocycles. The Morgan fingerprint density at radius 1 is 1.15 bits per heavy atom. The molecule has 0 bridgehead atoms. The minimum Gasteiger partial charge on any atom is -0.459 e. The molecule has 0 spiro atoms. The highest BCUT2D eigenvalue weighted by Crippen LogP contribution is 2.14. The van der Waals surface area contributed by atoms with E-state index < -0.39 is 11.5 Å². The molecule has 0 unspecified atom stereocenters. The zero-order valence-corrected chi connectivity index (χ0v) is 14.5. The van der Waals surface area contributed by atoms with Gasteiger partial charge in [-0.05, 0) is 37.1 Å². The monoisotopic (exact) mass is 366 g/mol. The smallest absolute Gasteiger partial charge is 0.289 e. The third kappa shape index (κ3) is 3.33. The number of rotatable bonds is 3. The predicted molar refractivity (Wildman–Crippen MR) is 96.6 cm³/mol. The molecule has 3 aromatic rings. The number of nitrogens with one attached hydrogen (secondary N) is 1. The molecule has 27 heavy (non-hydrogen) atoms. The number of nitrogens with zero attached hydrogens (tertiary/aromatic N) is 3. The number of aromatic nitrogens is 2. The summed E-state index contributed by atoms with van der Waals surface area (Å²) in [7, 11) is 0. The number of carbonyl (C=O) groups is 2. The number of piperidine rings is 1. The van der Waals surface area contributed by atoms with Crippen LogP contribution in [-0.2, 0) is 0 Å². The largest absolute Gasteiger partial charge is 0.459 e. The number of pyridine rings is 1. The van der Waals surface area contributed by atoms with Gasteiger partial charge in [0.2, 0.25) is 0 Å². The molecule has 0 radical (unpaired) electrons. The Bertz CT molecular complexity index is 1030. The van der Waals surface area contributed by atoms with Crippen molar-refractivity contribution in [2.75, 3.05) is 13.1 Å². The Kier molecular flexibility index (Phi) is 4.45. The average Bonchev–Trinajstić information content (AvgIpc) is 3.23. The van der Waals surface area contributed by atoms with Crippen LogP contribution < -0.4 is 10.9 Å². The van der Waals surface area contributed by atoms with Crippen LogP contribution in [-0.4, -0.2) is 45.2 Å². The van der Waals surface area contributed by atoms with Crippen molar-refractivity contribution in [3.63, 3.8) is 0 Å². The molecule has 0 aromatic carbocycles. The van der Waals surface area contributed by atoms with Gasteiger partial charge in [-0.3, -0.25) is 18.8 Å². The first-order chi connectivity index (χ1) is 13.1. The van der Waals surface area contributed by atoms with E-state index in [-0.39, 0.29) is 17.5 Å². The lowest BCUT2D eigenvalue weighted by molar-refractivity contribution is 0.0667. The Hall–Kier alpha value is -3.42. The molecular formula is C19H18N4O4. The first-order valence-corrected chi connectivity index (χ1v) is 8.73. The number of amides is 2. The second-order valence-corrected chi connectivity index (χ2v) is 6.42. The second-order valence-electron chi connectivity index (χ2n) is 6.42. The summed E-state index contributed by atoms with van der Waals surface area (Å²) in [6.45, 7) is 1.03. The third-order valence-electron chi connectivity index (χ3n) is 4.71. The molecule has 0 saturated carbocycles. The summed E-state index contributed by atoms with van der Waals surface area (Å²) < 4.78 is 6.49. The van der Waals surface area contributed by atoms with Crippen LogP contribution in [0.1, 0.15) is 33.8 Å². The highest BCUT2D eigenvalue weighted by molar-refractivity contribution is 5.94. The first kappa shape index (κ1) is 17.0. The maximum Gasteiger partial charge on any atom is 0.289 e. The maximum absolute atomic E-state index is 12.5. The van der Waals surface area contributed by atoms with Gasteiger partial charge in [0.25, 0.3) is 17.4 Å². The van der Waals surface area contributed by atoms with Crippen molar-refractivity contribution in [3.05, 3.63) is 70.7 Å². The SMILES string of the molecule is O=C(NC1CCN(C(=O)c2ccco2)CC1)c1cnc2ccccn2c1=O. The van der Waals surface area contributed by atoms with Crippen molar-refractivity contribution in [3.8, 4) is 0 Å². The highest BCUT2D eigenvalue weighted by Gasteiger charge is 2.26. The van der Waals surface area contributed by atoms with Gasteiger partial charge in [0, 0.05) is 31.5 Å². The van der Waals surface area contributed by atoms with E-state index in [1.165, 1.54) is 16.9 Å². The minimum atomic E-state index is -0.443. The lowest BCUT2D eigenvalue weighted by atomic mass is 10.0. The van der Waals surface area contributed by atoms with Crippen LogP contribution in [0.3, 0.4) is 0 Å². The quantitative estimate of drug-likeness (QED) is 0.754. The van der Waals surface area contributed by atoms with Crippen molar-refractivity contribution < 1.29 is 14.0 Å². The van der Waals surface area contributed by atoms with Crippen LogP contribution in [0.15, 0.2) is 58.2 Å². The summed E-state index contributed by atoms with van der Waals surface area (Å²) in [5, 5.41) is 2.88. The van der Waals surface area contributed by atoms with Gasteiger partial charge >= 0.3 is 0 Å². The molecule has 1 N–H and O–H groups in total. The average molecular weight is 366 g/mol. The lowest BCUT2D eigenvalue weighted by Crippen LogP contribution is -2.47. The van der Waals surface area contributed by atoms with Crippen molar-refractivity contribution in [2.24, 2.45) is 0 Å². The summed E-state index contributed by atoms with van der Waals surface area (Å²) >= 11 is 0. The number of furan rings is 1. The molecule has 8 nitrogen and oxygen atoms in total. The molecule has 1 aliphatic rings. The highest BCUT2D eigenvalue weighted by atomic mass is 16.3. The van der Waals surface area contributed by atoms with Crippen molar-refractivity contribution >= 4 is 17.5 Å². The lowest BCUT2D eigenvalue weighted by Gasteiger charge is -2.31. The van der Waals surface area contributed by atoms with E-state index in [9.17, 15) is 14.4 Å². The van der Waals surface area contributed by atoms with Crippen LogP contribution in [0.4, 0.5) is 0 Å². The molecule has 0 atom stereocenters. The number of likely N-dealkylation sites (tertiary alicyclic amines) is 1. The summed E-state index contributed by atoms with van der Waals surface area (Å²) in [4.78, 5) is 43.1. The van der Waals surface area contributed by atoms with Crippen LogP contribution in [0, 0.1) is 0 Å². The van der Waals surface area contributed by atoms with Crippen LogP contribution in [0.25, 0.3) is 5.65 Å². The van der Waals surface area contributed by atoms with E-state index in [1.54, 1.807) is 41.4 Å². The van der Waals surface area contributed by atoms with E-state index in [1.807, 2.05) is 0 Å². The Morgan fingerprint density at radius 2 is 1.96 bits per heavy atom. The van der Waals surface area contributed by atoms with Crippen LogP contribution >= 0.6 is 0 Å². The van der Waals surface area contributed by atoms with E-state index in [0.717, 1.165) is 0 Å². The van der Waals surface area contributed by atoms with E-state index in [0.29, 0.717) is 37.3 Å². The first-order valence-electron chi connectivity index (χ1n) is 8.73. The molecule has 8 heteroatoms. The van der Waals surface area contributed by atoms with Gasteiger partial charge in [-0.1, -0.05) is 6.07 Å². The van der Waals surface area contributed by atoms with Crippen molar-refractivity contribution in [2.45, 2.75) is 18.9 Å². The molecule has 138 valence electrons. The molecule has 1 aliphatic heterocycles. The molecule has 4 heterocycles. The normalized spacial score (nSPS) is 15.0. The maximum atomic E-state index is 12.5. The van der Waals surface area contributed by atoms with Crippen LogP contribution in [0.5, 0.6) is 0 Å². The molecule has 3 aromatic heterocycles. The fourth-order valence-electron chi connectivity index (χ4n) is 3.23. The summed E-state index contributed by atoms with van der Waals surface area (Å²) in [6, 6.07) is 8.40. The van der Waals surface area contributed by atoms with Gasteiger partial charge in [0.15, 0.2) is 5.76 Å². The summed E-state index contributed by atoms with van der Waals surface area (Å²) in [5.41, 5.74) is 0.0973. The Balaban J connectivity index is 1.41. The molecule has 4 rings (SSSR count). The number of carbonyl (C=O) groups excluding carboxylic acids is 2. The standard InChI is InChI=1S/C19H18N4O4/c24-17(14-12-20-16-5-1-2-8-23(16)18(14)25)21-13-6-9-22(10-7-13)19(26)15-4-3-11-27-15/h1-5,8,11-13H,6-7,9-10H2,(H,21,24). The van der Waals surface area contributed by atoms with E-state index in [4.69, 9.17) is 4.42 Å². The van der Waals surface area contributed by atoms with Crippen molar-refractivity contribution in [1.29, 1.82) is 0 Å². The zero-order chi connectivity index (χ0) is 18.8. The Morgan fingerprint density at radius 3 is 2.70 bits per heavy atom. The summed E-state index contributed by atoms with van der Waals surface area (Å²) in [6.07, 6.45) is 5.58. The molecule has 0 aliphatic carbocycles. The van der Waals surface area contributed by atoms with Gasteiger partial charge in [0.1, 0.15) is 11.2 Å². The number of hydrogen-bond donors (Lipinski definition) is 1. The molecule has 1 fully saturated rings. The van der Waals surface area contributed by atoms with Gasteiger partial charge in [0.05, 0.1) is 6.26 Å². The third-order valence-corrected chi connectivity index (χ3v) is 4.71. The number of fused-ring (bicyclic) bond motifs is 1. The summed E-state index contributed by atoms with van der Waals surface area (Å²) in [5.74, 6) is -0.281. The van der Waals surface area contributed by atoms with Gasteiger partial charge in [-0.2, -0.15) is 0 Å². The zero-order valence-electron chi connectivity index (χ0n) is 14.5. The predicted octanol–water partition coefficient (Wildman–Crippen LogP) is 1.32. The second kappa shape index (κ2) is 7.06. The number of hydrogen-bond acceptors (Lipinski definition) is 5. The fraction of sp³-hybridized carbons (Fsp3) is 0.263. The van der Waals surface area contributed by atoms with Crippen molar-refractivity contribution in [1.82, 2.24) is 19.6 Å². The van der Waals surface area contributed by atoms with Crippen LogP contribution in [0.2, 0.25) is 0 Å². The Labute approximate surface area is 154 Å².